The van der Waals surface area contributed by atoms with E-state index in [1.807, 2.05) is 39.8 Å². The minimum absolute atomic E-state index is 0.0425. The van der Waals surface area contributed by atoms with Gasteiger partial charge < -0.3 is 4.74 Å². The van der Waals surface area contributed by atoms with Gasteiger partial charge in [-0.1, -0.05) is 241 Å². The molecule has 0 radical (unpaired) electrons. The van der Waals surface area contributed by atoms with Crippen LogP contribution >= 0.6 is 0 Å². The van der Waals surface area contributed by atoms with Crippen molar-refractivity contribution >= 4 is 162 Å². The van der Waals surface area contributed by atoms with Gasteiger partial charge in [-0.25, -0.2) is 19.9 Å². The third-order valence-electron chi connectivity index (χ3n) is 26.7. The van der Waals surface area contributed by atoms with Crippen molar-refractivity contribution in [1.29, 1.82) is 0 Å². The first-order valence-corrected chi connectivity index (χ1v) is 43.4. The Morgan fingerprint density at radius 2 is 0.512 bits per heavy atom. The Hall–Kier alpha value is -13.7. The van der Waals surface area contributed by atoms with Gasteiger partial charge in [0.15, 0.2) is 11.6 Å². The summed E-state index contributed by atoms with van der Waals surface area (Å²) < 4.78 is 5.99. The van der Waals surface area contributed by atoms with Gasteiger partial charge in [-0.3, -0.25) is 0 Å². The van der Waals surface area contributed by atoms with Crippen LogP contribution in [0, 0.1) is 76.2 Å². The molecule has 2 heterocycles. The van der Waals surface area contributed by atoms with E-state index in [0.717, 1.165) is 51.3 Å². The Morgan fingerprint density at radius 1 is 0.211 bits per heavy atom. The highest BCUT2D eigenvalue weighted by Gasteiger charge is 2.29. The second-order valence-electron chi connectivity index (χ2n) is 37.2. The number of fused-ring (bicyclic) bond motifs is 18. The third kappa shape index (κ3) is 12.2. The zero-order valence-electron chi connectivity index (χ0n) is 73.6. The monoisotopic (exact) mass is 1590 g/mol. The number of hydrogen-bond donors (Lipinski definition) is 0. The Balaban J connectivity index is 0.000000115. The van der Waals surface area contributed by atoms with E-state index >= 15 is 0 Å². The largest absolute Gasteiger partial charge is 0.496 e. The minimum Gasteiger partial charge on any atom is -0.496 e. The van der Waals surface area contributed by atoms with Gasteiger partial charge >= 0.3 is 0 Å². The van der Waals surface area contributed by atoms with Crippen molar-refractivity contribution in [2.75, 3.05) is 7.11 Å². The molecule has 23 aromatic rings. The molecule has 5 heteroatoms. The van der Waals surface area contributed by atoms with Crippen molar-refractivity contribution in [2.24, 2.45) is 0 Å². The fourth-order valence-corrected chi connectivity index (χ4v) is 21.4. The third-order valence-corrected chi connectivity index (χ3v) is 26.7. The molecule has 0 aliphatic heterocycles. The minimum atomic E-state index is 0.0425. The maximum Gasteiger partial charge on any atom is 0.160 e. The summed E-state index contributed by atoms with van der Waals surface area (Å²) in [5, 5.41) is 38.7. The molecule has 2 aromatic heterocycles. The maximum absolute atomic E-state index is 5.99. The van der Waals surface area contributed by atoms with Crippen LogP contribution < -0.4 is 4.74 Å². The van der Waals surface area contributed by atoms with Crippen LogP contribution in [0.5, 0.6) is 5.75 Å². The molecule has 21 aromatic carbocycles. The summed E-state index contributed by atoms with van der Waals surface area (Å²) in [5.41, 5.74) is 25.8. The molecule has 0 fully saturated rings. The fourth-order valence-electron chi connectivity index (χ4n) is 21.4. The van der Waals surface area contributed by atoms with Gasteiger partial charge in [0.2, 0.25) is 0 Å². The molecule has 0 saturated carbocycles. The average Bonchev–Trinajstić information content (AvgIpc) is 0.705. The zero-order chi connectivity index (χ0) is 84.8. The average molecular weight is 1590 g/mol. The first-order chi connectivity index (χ1) is 59.2. The molecule has 0 saturated heterocycles. The van der Waals surface area contributed by atoms with Crippen LogP contribution in [0.4, 0.5) is 0 Å². The molecule has 0 N–H and O–H groups in total. The number of ether oxygens (including phenoxy) is 1. The summed E-state index contributed by atoms with van der Waals surface area (Å²) in [5.74, 6) is 2.48. The highest BCUT2D eigenvalue weighted by atomic mass is 16.5. The van der Waals surface area contributed by atoms with E-state index in [-0.39, 0.29) is 10.8 Å². The maximum atomic E-state index is 5.99. The van der Waals surface area contributed by atoms with Crippen molar-refractivity contribution in [3.05, 3.63) is 340 Å². The Bertz CT molecular complexity index is 7970. The van der Waals surface area contributed by atoms with Crippen LogP contribution in [0.15, 0.2) is 267 Å². The lowest BCUT2D eigenvalue weighted by molar-refractivity contribution is 0.420. The van der Waals surface area contributed by atoms with Crippen molar-refractivity contribution in [2.45, 2.75) is 129 Å². The van der Waals surface area contributed by atoms with E-state index in [0.29, 0.717) is 0 Å². The van der Waals surface area contributed by atoms with Gasteiger partial charge in [-0.05, 0) is 378 Å². The van der Waals surface area contributed by atoms with Crippen LogP contribution in [0.2, 0.25) is 0 Å². The summed E-state index contributed by atoms with van der Waals surface area (Å²) in [6.45, 7) is 37.7. The fraction of sp³-hybridized carbons (Fsp3) is 0.169. The number of nitrogens with zero attached hydrogens (tertiary/aromatic N) is 4. The lowest BCUT2D eigenvalue weighted by Gasteiger charge is -2.25. The van der Waals surface area contributed by atoms with Crippen LogP contribution in [-0.2, 0) is 10.8 Å². The number of methoxy groups -OCH3 is 1. The summed E-state index contributed by atoms with van der Waals surface area (Å²) in [6.07, 6.45) is 0. The van der Waals surface area contributed by atoms with Gasteiger partial charge in [0.05, 0.1) is 7.11 Å². The van der Waals surface area contributed by atoms with E-state index in [1.54, 1.807) is 7.11 Å². The SMILES string of the molecule is COc1cc(C)c2c3ccccc3c3cc(-c4cc(C)cc(C)c4)cc4c5ccccc5c1c2c34.Cc1cc(C)nc(-c2ccc3c4ccccc4c4c(-c5nc(C)cc(C)n5)ccc5c6ccccc6c2c3c54)n1.Cc1cccc(C)c1-c1cc2c3ccc(C(C)(C)C)cc3c3cc(-c4c(C)cccc4C)cc4c5ccc(C(C)(C)C)cc5c(c1)c2c43. The molecular weight excluding hydrogens is 1490 g/mol. The van der Waals surface area contributed by atoms with E-state index in [2.05, 4.69) is 345 Å². The predicted molar refractivity (Wildman–Crippen MR) is 530 cm³/mol. The van der Waals surface area contributed by atoms with E-state index < -0.39 is 0 Å². The molecule has 0 aliphatic carbocycles. The molecule has 5 nitrogen and oxygen atoms in total. The van der Waals surface area contributed by atoms with E-state index in [4.69, 9.17) is 24.7 Å². The Kier molecular flexibility index (Phi) is 17.7. The van der Waals surface area contributed by atoms with Crippen molar-refractivity contribution in [3.63, 3.8) is 0 Å². The molecule has 0 bridgehead atoms. The van der Waals surface area contributed by atoms with Crippen LogP contribution in [0.1, 0.15) is 114 Å². The van der Waals surface area contributed by atoms with Gasteiger partial charge in [-0.2, -0.15) is 0 Å². The van der Waals surface area contributed by atoms with Gasteiger partial charge in [-0.15, -0.1) is 0 Å². The Labute approximate surface area is 718 Å². The molecule has 596 valence electrons. The number of aromatic nitrogens is 4. The van der Waals surface area contributed by atoms with Crippen molar-refractivity contribution in [3.8, 4) is 61.9 Å². The number of benzene rings is 21. The van der Waals surface area contributed by atoms with Crippen LogP contribution in [-0.4, -0.2) is 27.0 Å². The summed E-state index contributed by atoms with van der Waals surface area (Å²) >= 11 is 0. The normalized spacial score (nSPS) is 12.3. The lowest BCUT2D eigenvalue weighted by Crippen LogP contribution is -2.11. The van der Waals surface area contributed by atoms with E-state index in [9.17, 15) is 0 Å². The number of rotatable bonds is 6. The molecule has 0 amide bonds. The summed E-state index contributed by atoms with van der Waals surface area (Å²) in [4.78, 5) is 19.6. The second-order valence-corrected chi connectivity index (χ2v) is 37.2. The first kappa shape index (κ1) is 76.6. The highest BCUT2D eigenvalue weighted by molar-refractivity contribution is 6.45. The van der Waals surface area contributed by atoms with Gasteiger partial charge in [0.25, 0.3) is 0 Å². The standard InChI is InChI=1S/C48H46.C36H26N4.C34H26O/c1-27-13-11-14-28(2)43(27)31-21-39-35-19-17-34(48(8,9)10)26-38(35)42-24-32(44-29(3)15-12-16-30(44)4)22-40-36-20-18-33(47(5,6)7)25-37(36)41(23-31)45(39)46(40)42;1-19-17-20(2)38-35(37-19)29-15-13-27-24-10-6-8-12-26(24)32-30(36-39-21(3)18-22(4)40-36)16-14-28-23-9-5-7-11-25(23)31(29)33(27)34(28)32;1-19-13-20(2)15-22(14-19)23-17-28-24-9-5-7-11-26(24)31-21(3)16-30(35-4)33-27-12-8-6-10-25(27)29(18-23)32(28)34(31)33/h11-26H,1-10H3;5-18H,1-4H3;5-18H,1-4H3. The number of hydrogen-bond acceptors (Lipinski definition) is 5. The van der Waals surface area contributed by atoms with Crippen molar-refractivity contribution in [1.82, 2.24) is 19.9 Å². The second kappa shape index (κ2) is 28.4. The smallest absolute Gasteiger partial charge is 0.160 e. The van der Waals surface area contributed by atoms with E-state index in [1.165, 1.54) is 245 Å². The van der Waals surface area contributed by atoms with Gasteiger partial charge in [0, 0.05) is 55.4 Å². The zero-order valence-corrected chi connectivity index (χ0v) is 73.6. The first-order valence-electron chi connectivity index (χ1n) is 43.4. The molecule has 123 heavy (non-hydrogen) atoms. The molecular formula is C118H98N4O. The Morgan fingerprint density at radius 3 is 0.886 bits per heavy atom. The number of aryl methyl sites for hydroxylation is 11. The topological polar surface area (TPSA) is 60.8 Å². The van der Waals surface area contributed by atoms with Crippen LogP contribution in [0.3, 0.4) is 0 Å². The van der Waals surface area contributed by atoms with Crippen molar-refractivity contribution < 1.29 is 4.74 Å². The van der Waals surface area contributed by atoms with Gasteiger partial charge in [0.1, 0.15) is 5.75 Å². The summed E-state index contributed by atoms with van der Waals surface area (Å²) in [7, 11) is 1.79. The quantitative estimate of drug-likeness (QED) is 0.123. The molecule has 0 aliphatic rings. The summed E-state index contributed by atoms with van der Waals surface area (Å²) in [6, 6.07) is 99.9. The van der Waals surface area contributed by atoms with Crippen LogP contribution in [0.25, 0.3) is 218 Å². The lowest BCUT2D eigenvalue weighted by atomic mass is 9.79. The molecule has 23 rings (SSSR count). The molecule has 0 unspecified atom stereocenters. The molecule has 0 atom stereocenters. The highest BCUT2D eigenvalue weighted by Crippen LogP contribution is 2.55. The molecule has 0 spiro atoms. The predicted octanol–water partition coefficient (Wildman–Crippen LogP) is 32.6.